The first kappa shape index (κ1) is 20.2. The van der Waals surface area contributed by atoms with Gasteiger partial charge in [0.15, 0.2) is 0 Å². The first-order chi connectivity index (χ1) is 17.9. The third-order valence-corrected chi connectivity index (χ3v) is 9.44. The summed E-state index contributed by atoms with van der Waals surface area (Å²) in [6, 6.07) is 42.4. The largest absolute Gasteiger partial charge is 0.144 e. The van der Waals surface area contributed by atoms with Gasteiger partial charge in [0.1, 0.15) is 0 Å². The van der Waals surface area contributed by atoms with Crippen LogP contribution in [0.3, 0.4) is 0 Å². The van der Waals surface area contributed by atoms with Crippen molar-refractivity contribution in [1.82, 2.24) is 0 Å². The predicted octanol–water partition coefficient (Wildman–Crippen LogP) is 10.9. The SMILES string of the molecule is c1ccc(-c2c3ccccc3c(-c3cccc4c3sc3ccc5sccc5c34)c3ccccc23)cc1. The highest BCUT2D eigenvalue weighted by Gasteiger charge is 2.19. The molecule has 36 heavy (non-hydrogen) atoms. The molecule has 0 saturated heterocycles. The van der Waals surface area contributed by atoms with Gasteiger partial charge in [-0.25, -0.2) is 0 Å². The molecule has 0 spiro atoms. The highest BCUT2D eigenvalue weighted by atomic mass is 32.1. The number of fused-ring (bicyclic) bond motifs is 7. The summed E-state index contributed by atoms with van der Waals surface area (Å²) in [7, 11) is 0. The third-order valence-electron chi connectivity index (χ3n) is 7.36. The number of benzene rings is 6. The van der Waals surface area contributed by atoms with Gasteiger partial charge in [0.05, 0.1) is 0 Å². The first-order valence-corrected chi connectivity index (χ1v) is 13.9. The molecule has 0 fully saturated rings. The van der Waals surface area contributed by atoms with E-state index in [1.165, 1.54) is 74.1 Å². The summed E-state index contributed by atoms with van der Waals surface area (Å²) in [6.45, 7) is 0. The van der Waals surface area contributed by atoms with Gasteiger partial charge in [-0.05, 0) is 61.8 Å². The van der Waals surface area contributed by atoms with Crippen molar-refractivity contribution in [2.45, 2.75) is 0 Å². The minimum Gasteiger partial charge on any atom is -0.144 e. The maximum absolute atomic E-state index is 2.32. The molecular formula is C34H20S2. The monoisotopic (exact) mass is 492 g/mol. The Hall–Kier alpha value is -3.98. The Morgan fingerprint density at radius 3 is 1.75 bits per heavy atom. The van der Waals surface area contributed by atoms with Crippen LogP contribution in [0.5, 0.6) is 0 Å². The Labute approximate surface area is 216 Å². The second-order valence-electron chi connectivity index (χ2n) is 9.26. The van der Waals surface area contributed by atoms with Gasteiger partial charge in [-0.3, -0.25) is 0 Å². The molecule has 0 radical (unpaired) electrons. The van der Waals surface area contributed by atoms with Crippen LogP contribution in [0.2, 0.25) is 0 Å². The van der Waals surface area contributed by atoms with E-state index < -0.39 is 0 Å². The molecule has 0 atom stereocenters. The van der Waals surface area contributed by atoms with E-state index in [0.29, 0.717) is 0 Å². The highest BCUT2D eigenvalue weighted by Crippen LogP contribution is 2.48. The number of thiophene rings is 2. The van der Waals surface area contributed by atoms with Crippen LogP contribution in [-0.2, 0) is 0 Å². The van der Waals surface area contributed by atoms with Crippen LogP contribution in [0.25, 0.3) is 74.1 Å². The van der Waals surface area contributed by atoms with Gasteiger partial charge < -0.3 is 0 Å². The Bertz CT molecular complexity index is 2030. The Kier molecular flexibility index (Phi) is 4.36. The molecule has 0 N–H and O–H groups in total. The maximum atomic E-state index is 2.32. The molecule has 0 saturated carbocycles. The average Bonchev–Trinajstić information content (AvgIpc) is 3.56. The smallest absolute Gasteiger partial charge is 0.0434 e. The van der Waals surface area contributed by atoms with Crippen LogP contribution in [0.4, 0.5) is 0 Å². The van der Waals surface area contributed by atoms with Crippen LogP contribution >= 0.6 is 22.7 Å². The highest BCUT2D eigenvalue weighted by molar-refractivity contribution is 7.26. The molecule has 0 aliphatic rings. The number of hydrogen-bond donors (Lipinski definition) is 0. The summed E-state index contributed by atoms with van der Waals surface area (Å²) in [5.41, 5.74) is 5.23. The molecule has 8 aromatic rings. The van der Waals surface area contributed by atoms with Crippen LogP contribution < -0.4 is 0 Å². The van der Waals surface area contributed by atoms with Crippen molar-refractivity contribution in [1.29, 1.82) is 0 Å². The van der Waals surface area contributed by atoms with Crippen LogP contribution in [0, 0.1) is 0 Å². The summed E-state index contributed by atoms with van der Waals surface area (Å²) >= 11 is 3.75. The van der Waals surface area contributed by atoms with Crippen molar-refractivity contribution in [3.63, 3.8) is 0 Å². The minimum atomic E-state index is 1.26. The predicted molar refractivity (Wildman–Crippen MR) is 161 cm³/mol. The molecule has 2 heterocycles. The third kappa shape index (κ3) is 2.80. The maximum Gasteiger partial charge on any atom is 0.0434 e. The van der Waals surface area contributed by atoms with Crippen molar-refractivity contribution >= 4 is 74.5 Å². The van der Waals surface area contributed by atoms with Gasteiger partial charge in [0.25, 0.3) is 0 Å². The van der Waals surface area contributed by atoms with E-state index in [-0.39, 0.29) is 0 Å². The van der Waals surface area contributed by atoms with Crippen LogP contribution in [0.1, 0.15) is 0 Å². The lowest BCUT2D eigenvalue weighted by Crippen LogP contribution is -1.90. The van der Waals surface area contributed by atoms with E-state index in [1.54, 1.807) is 0 Å². The van der Waals surface area contributed by atoms with E-state index in [2.05, 4.69) is 121 Å². The lowest BCUT2D eigenvalue weighted by Gasteiger charge is -2.18. The molecule has 2 heteroatoms. The summed E-state index contributed by atoms with van der Waals surface area (Å²) < 4.78 is 4.09. The van der Waals surface area contributed by atoms with E-state index in [4.69, 9.17) is 0 Å². The summed E-state index contributed by atoms with van der Waals surface area (Å²) in [4.78, 5) is 0. The summed E-state index contributed by atoms with van der Waals surface area (Å²) in [5, 5.41) is 11.5. The molecule has 6 aromatic carbocycles. The van der Waals surface area contributed by atoms with Gasteiger partial charge >= 0.3 is 0 Å². The van der Waals surface area contributed by atoms with Gasteiger partial charge in [0, 0.05) is 35.8 Å². The van der Waals surface area contributed by atoms with E-state index in [0.717, 1.165) is 0 Å². The van der Waals surface area contributed by atoms with E-state index >= 15 is 0 Å². The quantitative estimate of drug-likeness (QED) is 0.211. The zero-order valence-electron chi connectivity index (χ0n) is 19.4. The molecule has 168 valence electrons. The van der Waals surface area contributed by atoms with Gasteiger partial charge in [-0.2, -0.15) is 0 Å². The summed E-state index contributed by atoms with van der Waals surface area (Å²) in [6.07, 6.45) is 0. The van der Waals surface area contributed by atoms with Gasteiger partial charge in [-0.15, -0.1) is 22.7 Å². The normalized spacial score (nSPS) is 11.9. The molecule has 8 rings (SSSR count). The molecule has 0 bridgehead atoms. The molecule has 0 unspecified atom stereocenters. The molecule has 0 amide bonds. The molecule has 0 aliphatic carbocycles. The summed E-state index contributed by atoms with van der Waals surface area (Å²) in [5.74, 6) is 0. The van der Waals surface area contributed by atoms with Crippen LogP contribution in [0.15, 0.2) is 121 Å². The van der Waals surface area contributed by atoms with E-state index in [9.17, 15) is 0 Å². The fourth-order valence-electron chi connectivity index (χ4n) is 5.87. The molecular weight excluding hydrogens is 473 g/mol. The zero-order chi connectivity index (χ0) is 23.6. The number of hydrogen-bond acceptors (Lipinski definition) is 2. The fourth-order valence-corrected chi connectivity index (χ4v) is 7.90. The second kappa shape index (κ2) is 7.76. The average molecular weight is 493 g/mol. The van der Waals surface area contributed by atoms with Crippen molar-refractivity contribution in [3.05, 3.63) is 121 Å². The van der Waals surface area contributed by atoms with Gasteiger partial charge in [-0.1, -0.05) is 97.1 Å². The fraction of sp³-hybridized carbons (Fsp3) is 0. The van der Waals surface area contributed by atoms with Crippen molar-refractivity contribution < 1.29 is 0 Å². The minimum absolute atomic E-state index is 1.26. The molecule has 2 aromatic heterocycles. The topological polar surface area (TPSA) is 0 Å². The van der Waals surface area contributed by atoms with Gasteiger partial charge in [0.2, 0.25) is 0 Å². The Morgan fingerprint density at radius 2 is 1.03 bits per heavy atom. The zero-order valence-corrected chi connectivity index (χ0v) is 21.0. The van der Waals surface area contributed by atoms with Crippen molar-refractivity contribution in [2.24, 2.45) is 0 Å². The van der Waals surface area contributed by atoms with Crippen molar-refractivity contribution in [3.8, 4) is 22.3 Å². The Morgan fingerprint density at radius 1 is 0.417 bits per heavy atom. The second-order valence-corrected chi connectivity index (χ2v) is 11.3. The van der Waals surface area contributed by atoms with Crippen LogP contribution in [-0.4, -0.2) is 0 Å². The standard InChI is InChI=1S/C34H20S2/c1-2-9-21(10-3-1)31-22-11-4-6-13-24(22)32(25-14-7-5-12-23(25)31)27-15-8-16-28-33-26-19-20-35-29(26)17-18-30(33)36-34(27)28/h1-20H. The Balaban J connectivity index is 1.56. The lowest BCUT2D eigenvalue weighted by molar-refractivity contribution is 1.67. The van der Waals surface area contributed by atoms with Crippen molar-refractivity contribution in [2.75, 3.05) is 0 Å². The molecule has 0 aliphatic heterocycles. The molecule has 0 nitrogen and oxygen atoms in total. The van der Waals surface area contributed by atoms with E-state index in [1.807, 2.05) is 22.7 Å². The first-order valence-electron chi connectivity index (χ1n) is 12.2. The lowest BCUT2D eigenvalue weighted by atomic mass is 9.86. The number of rotatable bonds is 2.